The van der Waals surface area contributed by atoms with Gasteiger partial charge in [0, 0.05) is 0 Å². The van der Waals surface area contributed by atoms with Crippen molar-refractivity contribution in [2.75, 3.05) is 6.61 Å². The predicted molar refractivity (Wildman–Crippen MR) is 278 cm³/mol. The number of unbranched alkanes of at least 4 members (excludes halogenated alkanes) is 40. The molecule has 0 heterocycles. The minimum Gasteiger partial charge on any atom is -0.394 e. The molecule has 0 aromatic heterocycles. The van der Waals surface area contributed by atoms with Gasteiger partial charge in [0.15, 0.2) is 0 Å². The third-order valence-corrected chi connectivity index (χ3v) is 13.2. The summed E-state index contributed by atoms with van der Waals surface area (Å²) in [6.45, 7) is 4.19. The number of aliphatic hydroxyl groups is 3. The van der Waals surface area contributed by atoms with Crippen LogP contribution >= 0.6 is 0 Å². The Bertz CT molecular complexity index is 978. The van der Waals surface area contributed by atoms with Crippen LogP contribution in [0.25, 0.3) is 0 Å². The standard InChI is InChI=1S/C58H111NO4/c1-3-5-7-9-11-13-15-17-19-20-21-22-23-24-25-26-27-28-29-30-31-32-33-34-35-36-37-39-41-43-45-47-49-51-53-57(62)58(63)59-55(54-60)56(61)52-50-48-46-44-42-40-38-18-16-14-12-10-8-6-4-2/h26-27,42,44,50,52,55-57,60-62H,3-25,28-41,43,45-49,51,53-54H2,1-2H3,(H,59,63)/b27-26-,44-42+,52-50+. The maximum atomic E-state index is 12.5. The summed E-state index contributed by atoms with van der Waals surface area (Å²) in [5, 5.41) is 33.3. The Morgan fingerprint density at radius 3 is 0.968 bits per heavy atom. The lowest BCUT2D eigenvalue weighted by Gasteiger charge is -2.21. The number of carbonyl (C=O) groups is 1. The molecule has 0 aromatic carbocycles. The predicted octanol–water partition coefficient (Wildman–Crippen LogP) is 17.4. The molecule has 0 aliphatic heterocycles. The molecule has 1 amide bonds. The van der Waals surface area contributed by atoms with E-state index in [1.165, 1.54) is 244 Å². The fraction of sp³-hybridized carbons (Fsp3) is 0.879. The molecule has 0 saturated heterocycles. The highest BCUT2D eigenvalue weighted by Crippen LogP contribution is 2.17. The Morgan fingerprint density at radius 2 is 0.651 bits per heavy atom. The highest BCUT2D eigenvalue weighted by Gasteiger charge is 2.22. The van der Waals surface area contributed by atoms with Crippen LogP contribution in [0.4, 0.5) is 0 Å². The second-order valence-electron chi connectivity index (χ2n) is 19.5. The molecule has 0 aliphatic rings. The molecule has 0 saturated carbocycles. The molecular weight excluding hydrogens is 775 g/mol. The first-order valence-electron chi connectivity index (χ1n) is 28.3. The van der Waals surface area contributed by atoms with Gasteiger partial charge in [-0.15, -0.1) is 0 Å². The fourth-order valence-corrected chi connectivity index (χ4v) is 8.79. The molecule has 5 nitrogen and oxygen atoms in total. The maximum Gasteiger partial charge on any atom is 0.249 e. The summed E-state index contributed by atoms with van der Waals surface area (Å²) in [6.07, 6.45) is 69.5. The van der Waals surface area contributed by atoms with Gasteiger partial charge in [-0.3, -0.25) is 4.79 Å². The summed E-state index contributed by atoms with van der Waals surface area (Å²) in [6, 6.07) is -0.813. The van der Waals surface area contributed by atoms with Crippen LogP contribution in [0.5, 0.6) is 0 Å². The van der Waals surface area contributed by atoms with Gasteiger partial charge in [-0.1, -0.05) is 281 Å². The molecule has 0 spiro atoms. The van der Waals surface area contributed by atoms with Gasteiger partial charge in [0.1, 0.15) is 6.10 Å². The zero-order valence-corrected chi connectivity index (χ0v) is 42.5. The molecular formula is C58H111NO4. The van der Waals surface area contributed by atoms with E-state index in [0.29, 0.717) is 6.42 Å². The molecule has 63 heavy (non-hydrogen) atoms. The summed E-state index contributed by atoms with van der Waals surface area (Å²) < 4.78 is 0. The number of hydrogen-bond acceptors (Lipinski definition) is 4. The Morgan fingerprint density at radius 1 is 0.381 bits per heavy atom. The summed E-state index contributed by atoms with van der Waals surface area (Å²) in [7, 11) is 0. The number of allylic oxidation sites excluding steroid dienone is 5. The third-order valence-electron chi connectivity index (χ3n) is 13.2. The van der Waals surface area contributed by atoms with Gasteiger partial charge in [-0.05, 0) is 57.8 Å². The van der Waals surface area contributed by atoms with Crippen molar-refractivity contribution in [1.82, 2.24) is 5.32 Å². The Hall–Kier alpha value is -1.43. The van der Waals surface area contributed by atoms with E-state index in [1.807, 2.05) is 6.08 Å². The zero-order valence-electron chi connectivity index (χ0n) is 42.5. The van der Waals surface area contributed by atoms with E-state index in [4.69, 9.17) is 0 Å². The lowest BCUT2D eigenvalue weighted by atomic mass is 10.0. The van der Waals surface area contributed by atoms with Crippen LogP contribution in [-0.4, -0.2) is 46.1 Å². The van der Waals surface area contributed by atoms with E-state index in [0.717, 1.165) is 38.5 Å². The lowest BCUT2D eigenvalue weighted by Crippen LogP contribution is -2.48. The van der Waals surface area contributed by atoms with E-state index in [-0.39, 0.29) is 6.61 Å². The Labute approximate surface area is 394 Å². The fourth-order valence-electron chi connectivity index (χ4n) is 8.79. The molecule has 0 radical (unpaired) electrons. The molecule has 4 N–H and O–H groups in total. The summed E-state index contributed by atoms with van der Waals surface area (Å²) in [4.78, 5) is 12.5. The van der Waals surface area contributed by atoms with Gasteiger partial charge in [-0.2, -0.15) is 0 Å². The normalized spacial score (nSPS) is 13.5. The lowest BCUT2D eigenvalue weighted by molar-refractivity contribution is -0.131. The zero-order chi connectivity index (χ0) is 45.8. The monoisotopic (exact) mass is 886 g/mol. The smallest absolute Gasteiger partial charge is 0.249 e. The topological polar surface area (TPSA) is 89.8 Å². The largest absolute Gasteiger partial charge is 0.394 e. The van der Waals surface area contributed by atoms with Gasteiger partial charge in [0.2, 0.25) is 5.91 Å². The van der Waals surface area contributed by atoms with Crippen LogP contribution in [0.1, 0.15) is 303 Å². The van der Waals surface area contributed by atoms with Crippen LogP contribution in [0.3, 0.4) is 0 Å². The van der Waals surface area contributed by atoms with Gasteiger partial charge in [0.25, 0.3) is 0 Å². The third kappa shape index (κ3) is 48.3. The SMILES string of the molecule is CCCCCCCCCCC/C=C/CC/C=C/C(O)C(CO)NC(=O)C(O)CCCCCCCCCCCCCCCCCC/C=C\CCCCCCCCCCCCCCCC. The van der Waals surface area contributed by atoms with E-state index in [9.17, 15) is 20.1 Å². The van der Waals surface area contributed by atoms with E-state index < -0.39 is 24.2 Å². The molecule has 0 aromatic rings. The Balaban J connectivity index is 3.51. The molecule has 3 atom stereocenters. The molecule has 3 unspecified atom stereocenters. The number of nitrogens with one attached hydrogen (secondary N) is 1. The van der Waals surface area contributed by atoms with Crippen LogP contribution < -0.4 is 5.32 Å². The quantitative estimate of drug-likeness (QED) is 0.0362. The molecule has 0 rings (SSSR count). The van der Waals surface area contributed by atoms with E-state index in [1.54, 1.807) is 6.08 Å². The molecule has 0 fully saturated rings. The van der Waals surface area contributed by atoms with Crippen LogP contribution in [0, 0.1) is 0 Å². The Kier molecular flexibility index (Phi) is 52.0. The highest BCUT2D eigenvalue weighted by atomic mass is 16.3. The summed E-state index contributed by atoms with van der Waals surface area (Å²) in [5.41, 5.74) is 0. The minimum atomic E-state index is -1.10. The van der Waals surface area contributed by atoms with Crippen LogP contribution in [0.15, 0.2) is 36.5 Å². The van der Waals surface area contributed by atoms with E-state index >= 15 is 0 Å². The average Bonchev–Trinajstić information content (AvgIpc) is 3.29. The van der Waals surface area contributed by atoms with Crippen LogP contribution in [0.2, 0.25) is 0 Å². The first-order valence-corrected chi connectivity index (χ1v) is 28.3. The van der Waals surface area contributed by atoms with Crippen molar-refractivity contribution in [2.24, 2.45) is 0 Å². The second-order valence-corrected chi connectivity index (χ2v) is 19.5. The van der Waals surface area contributed by atoms with Gasteiger partial charge < -0.3 is 20.6 Å². The number of carbonyl (C=O) groups excluding carboxylic acids is 1. The average molecular weight is 887 g/mol. The highest BCUT2D eigenvalue weighted by molar-refractivity contribution is 5.80. The van der Waals surface area contributed by atoms with E-state index in [2.05, 4.69) is 43.5 Å². The molecule has 372 valence electrons. The van der Waals surface area contributed by atoms with Crippen LogP contribution in [-0.2, 0) is 4.79 Å². The number of hydrogen-bond donors (Lipinski definition) is 4. The van der Waals surface area contributed by atoms with Crippen molar-refractivity contribution in [1.29, 1.82) is 0 Å². The van der Waals surface area contributed by atoms with Crippen molar-refractivity contribution in [3.63, 3.8) is 0 Å². The second kappa shape index (κ2) is 53.2. The molecule has 5 heteroatoms. The molecule has 0 aliphatic carbocycles. The minimum absolute atomic E-state index is 0.374. The van der Waals surface area contributed by atoms with Gasteiger partial charge in [0.05, 0.1) is 18.8 Å². The number of amides is 1. The first kappa shape index (κ1) is 61.6. The van der Waals surface area contributed by atoms with Crippen molar-refractivity contribution < 1.29 is 20.1 Å². The summed E-state index contributed by atoms with van der Waals surface area (Å²) in [5.74, 6) is -0.510. The summed E-state index contributed by atoms with van der Waals surface area (Å²) >= 11 is 0. The van der Waals surface area contributed by atoms with Crippen molar-refractivity contribution in [2.45, 2.75) is 321 Å². The van der Waals surface area contributed by atoms with Crippen molar-refractivity contribution in [3.8, 4) is 0 Å². The van der Waals surface area contributed by atoms with Gasteiger partial charge >= 0.3 is 0 Å². The number of aliphatic hydroxyl groups excluding tert-OH is 3. The van der Waals surface area contributed by atoms with Crippen molar-refractivity contribution in [3.05, 3.63) is 36.5 Å². The maximum absolute atomic E-state index is 12.5. The van der Waals surface area contributed by atoms with Gasteiger partial charge in [-0.25, -0.2) is 0 Å². The van der Waals surface area contributed by atoms with Crippen molar-refractivity contribution >= 4 is 5.91 Å². The molecule has 0 bridgehead atoms. The number of rotatable bonds is 52. The first-order chi connectivity index (χ1) is 31.1.